The van der Waals surface area contributed by atoms with Crippen molar-refractivity contribution in [3.8, 4) is 0 Å². The summed E-state index contributed by atoms with van der Waals surface area (Å²) in [6, 6.07) is 0.222. The van der Waals surface area contributed by atoms with E-state index in [4.69, 9.17) is 0 Å². The minimum Gasteiger partial charge on any atom is -0.393 e. The van der Waals surface area contributed by atoms with Gasteiger partial charge in [-0.25, -0.2) is 4.98 Å². The zero-order valence-electron chi connectivity index (χ0n) is 12.9. The molecule has 2 aromatic heterocycles. The molecule has 0 atom stereocenters. The lowest BCUT2D eigenvalue weighted by atomic mass is 9.93. The molecule has 0 aliphatic heterocycles. The predicted octanol–water partition coefficient (Wildman–Crippen LogP) is 4.03. The number of hydrogen-bond donors (Lipinski definition) is 2. The van der Waals surface area contributed by atoms with Crippen molar-refractivity contribution in [3.05, 3.63) is 16.9 Å². The largest absolute Gasteiger partial charge is 0.393 e. The first-order valence-electron chi connectivity index (χ1n) is 7.85. The quantitative estimate of drug-likeness (QED) is 0.804. The fraction of sp³-hybridized carbons (Fsp3) is 0.600. The van der Waals surface area contributed by atoms with E-state index in [2.05, 4.69) is 31.2 Å². The van der Waals surface area contributed by atoms with Gasteiger partial charge in [0.25, 0.3) is 0 Å². The van der Waals surface area contributed by atoms with Crippen molar-refractivity contribution in [2.24, 2.45) is 0 Å². The first-order valence-corrected chi connectivity index (χ1v) is 8.64. The topological polar surface area (TPSA) is 63.0 Å². The maximum atomic E-state index is 12.2. The van der Waals surface area contributed by atoms with Crippen LogP contribution in [0.5, 0.6) is 0 Å². The van der Waals surface area contributed by atoms with Crippen molar-refractivity contribution in [1.29, 1.82) is 0 Å². The van der Waals surface area contributed by atoms with Crippen LogP contribution in [-0.2, 0) is 0 Å². The van der Waals surface area contributed by atoms with Crippen LogP contribution in [0.15, 0.2) is 16.9 Å². The molecule has 132 valence electrons. The SMILES string of the molecule is O[C@H]1CC[C@H](n2cc(Br)c3cnc(NCCC(F)(F)F)nc32)CC1. The standard InChI is InChI=1S/C15H18BrF3N4O/c16-12-8-23(9-1-3-10(24)4-2-9)13-11(12)7-21-14(22-13)20-6-5-15(17,18)19/h7-10,24H,1-6H2,(H,20,21,22)/t9-,10-. The summed E-state index contributed by atoms with van der Waals surface area (Å²) in [7, 11) is 0. The Balaban J connectivity index is 1.81. The number of aromatic nitrogens is 3. The number of anilines is 1. The van der Waals surface area contributed by atoms with Crippen molar-refractivity contribution in [1.82, 2.24) is 14.5 Å². The summed E-state index contributed by atoms with van der Waals surface area (Å²) in [5, 5.41) is 13.1. The maximum absolute atomic E-state index is 12.2. The van der Waals surface area contributed by atoms with Gasteiger partial charge in [0.2, 0.25) is 5.95 Å². The molecule has 0 saturated heterocycles. The molecule has 0 bridgehead atoms. The van der Waals surface area contributed by atoms with Crippen LogP contribution in [0.2, 0.25) is 0 Å². The van der Waals surface area contributed by atoms with Gasteiger partial charge < -0.3 is 15.0 Å². The molecule has 0 aromatic carbocycles. The lowest BCUT2D eigenvalue weighted by Gasteiger charge is -2.27. The third kappa shape index (κ3) is 4.00. The highest BCUT2D eigenvalue weighted by Gasteiger charge is 2.26. The first kappa shape index (κ1) is 17.5. The second kappa shape index (κ2) is 6.87. The van der Waals surface area contributed by atoms with Crippen molar-refractivity contribution < 1.29 is 18.3 Å². The van der Waals surface area contributed by atoms with Crippen LogP contribution < -0.4 is 5.32 Å². The Hall–Kier alpha value is -1.35. The summed E-state index contributed by atoms with van der Waals surface area (Å²) in [6.45, 7) is -0.257. The van der Waals surface area contributed by atoms with E-state index in [9.17, 15) is 18.3 Å². The predicted molar refractivity (Wildman–Crippen MR) is 87.9 cm³/mol. The van der Waals surface area contributed by atoms with Crippen LogP contribution in [0, 0.1) is 0 Å². The molecular formula is C15H18BrF3N4O. The number of rotatable bonds is 4. The summed E-state index contributed by atoms with van der Waals surface area (Å²) in [5.74, 6) is 0.189. The molecule has 0 unspecified atom stereocenters. The van der Waals surface area contributed by atoms with E-state index in [1.807, 2.05) is 10.8 Å². The molecule has 1 fully saturated rings. The highest BCUT2D eigenvalue weighted by atomic mass is 79.9. The van der Waals surface area contributed by atoms with E-state index >= 15 is 0 Å². The Bertz CT molecular complexity index is 711. The molecule has 0 spiro atoms. The van der Waals surface area contributed by atoms with Crippen LogP contribution in [0.4, 0.5) is 19.1 Å². The minimum atomic E-state index is -4.21. The van der Waals surface area contributed by atoms with E-state index in [0.29, 0.717) is 5.65 Å². The van der Waals surface area contributed by atoms with Crippen LogP contribution in [0.3, 0.4) is 0 Å². The van der Waals surface area contributed by atoms with Gasteiger partial charge in [-0.3, -0.25) is 0 Å². The molecule has 2 N–H and O–H groups in total. The molecule has 1 saturated carbocycles. The normalized spacial score (nSPS) is 22.0. The number of alkyl halides is 3. The smallest absolute Gasteiger partial charge is 0.390 e. The van der Waals surface area contributed by atoms with Crippen LogP contribution >= 0.6 is 15.9 Å². The van der Waals surface area contributed by atoms with Crippen LogP contribution in [-0.4, -0.2) is 38.5 Å². The second-order valence-electron chi connectivity index (χ2n) is 6.07. The molecule has 2 aromatic rings. The molecule has 0 radical (unpaired) electrons. The molecule has 2 heterocycles. The highest BCUT2D eigenvalue weighted by Crippen LogP contribution is 2.34. The summed E-state index contributed by atoms with van der Waals surface area (Å²) in [4.78, 5) is 8.48. The summed E-state index contributed by atoms with van der Waals surface area (Å²) in [5.41, 5.74) is 0.688. The average Bonchev–Trinajstić information content (AvgIpc) is 2.83. The van der Waals surface area contributed by atoms with Gasteiger partial charge in [-0.2, -0.15) is 18.2 Å². The Kier molecular flexibility index (Phi) is 5.00. The Labute approximate surface area is 145 Å². The van der Waals surface area contributed by atoms with Gasteiger partial charge in [-0.15, -0.1) is 0 Å². The fourth-order valence-corrected chi connectivity index (χ4v) is 3.51. The van der Waals surface area contributed by atoms with Crippen molar-refractivity contribution in [3.63, 3.8) is 0 Å². The molecule has 3 rings (SSSR count). The number of halogens is 4. The molecule has 24 heavy (non-hydrogen) atoms. The molecular weight excluding hydrogens is 389 g/mol. The number of nitrogens with zero attached hydrogens (tertiary/aromatic N) is 3. The zero-order valence-corrected chi connectivity index (χ0v) is 14.4. The van der Waals surface area contributed by atoms with Gasteiger partial charge >= 0.3 is 6.18 Å². The van der Waals surface area contributed by atoms with E-state index in [0.717, 1.165) is 35.5 Å². The number of aliphatic hydroxyl groups is 1. The van der Waals surface area contributed by atoms with Crippen molar-refractivity contribution in [2.75, 3.05) is 11.9 Å². The Morgan fingerprint density at radius 3 is 2.67 bits per heavy atom. The lowest BCUT2D eigenvalue weighted by molar-refractivity contribution is -0.131. The second-order valence-corrected chi connectivity index (χ2v) is 6.92. The maximum Gasteiger partial charge on any atom is 0.390 e. The van der Waals surface area contributed by atoms with Gasteiger partial charge in [-0.1, -0.05) is 0 Å². The van der Waals surface area contributed by atoms with Crippen molar-refractivity contribution in [2.45, 2.75) is 50.4 Å². The van der Waals surface area contributed by atoms with Crippen molar-refractivity contribution >= 4 is 32.9 Å². The number of nitrogens with one attached hydrogen (secondary N) is 1. The summed E-state index contributed by atoms with van der Waals surface area (Å²) >= 11 is 3.48. The number of hydrogen-bond acceptors (Lipinski definition) is 4. The first-order chi connectivity index (χ1) is 11.3. The number of fused-ring (bicyclic) bond motifs is 1. The number of aliphatic hydroxyl groups excluding tert-OH is 1. The van der Waals surface area contributed by atoms with Gasteiger partial charge in [0.1, 0.15) is 5.65 Å². The van der Waals surface area contributed by atoms with E-state index in [-0.39, 0.29) is 24.6 Å². The van der Waals surface area contributed by atoms with Gasteiger partial charge in [0.05, 0.1) is 17.9 Å². The van der Waals surface area contributed by atoms with Gasteiger partial charge in [-0.05, 0) is 41.6 Å². The van der Waals surface area contributed by atoms with Gasteiger partial charge in [0.15, 0.2) is 0 Å². The Morgan fingerprint density at radius 2 is 2.00 bits per heavy atom. The monoisotopic (exact) mass is 406 g/mol. The van der Waals surface area contributed by atoms with Crippen LogP contribution in [0.25, 0.3) is 11.0 Å². The Morgan fingerprint density at radius 1 is 1.29 bits per heavy atom. The third-order valence-electron chi connectivity index (χ3n) is 4.27. The van der Waals surface area contributed by atoms with E-state index in [1.54, 1.807) is 6.20 Å². The summed E-state index contributed by atoms with van der Waals surface area (Å²) < 4.78 is 39.6. The third-order valence-corrected chi connectivity index (χ3v) is 4.91. The fourth-order valence-electron chi connectivity index (χ4n) is 3.01. The minimum absolute atomic E-state index is 0.189. The highest BCUT2D eigenvalue weighted by molar-refractivity contribution is 9.10. The average molecular weight is 407 g/mol. The molecule has 1 aliphatic rings. The molecule has 9 heteroatoms. The van der Waals surface area contributed by atoms with Crippen LogP contribution in [0.1, 0.15) is 38.1 Å². The van der Waals surface area contributed by atoms with E-state index < -0.39 is 12.6 Å². The van der Waals surface area contributed by atoms with Gasteiger partial charge in [0, 0.05) is 29.5 Å². The molecule has 5 nitrogen and oxygen atoms in total. The van der Waals surface area contributed by atoms with E-state index in [1.165, 1.54) is 0 Å². The lowest BCUT2D eigenvalue weighted by Crippen LogP contribution is -2.21. The molecule has 1 aliphatic carbocycles. The zero-order chi connectivity index (χ0) is 17.3. The summed E-state index contributed by atoms with van der Waals surface area (Å²) in [6.07, 6.45) is 1.32. The molecule has 0 amide bonds.